The van der Waals surface area contributed by atoms with Crippen LogP contribution in [0.5, 0.6) is 11.5 Å². The molecule has 0 saturated carbocycles. The number of amides is 2. The monoisotopic (exact) mass is 1030 g/mol. The summed E-state index contributed by atoms with van der Waals surface area (Å²) in [7, 11) is 3.52. The average Bonchev–Trinajstić information content (AvgIpc) is 3.86. The number of rotatable bonds is 9. The van der Waals surface area contributed by atoms with Gasteiger partial charge in [-0.2, -0.15) is 25.1 Å². The number of aliphatic hydroxyl groups is 2. The van der Waals surface area contributed by atoms with Crippen LogP contribution in [0.25, 0.3) is 44.1 Å². The fraction of sp³-hybridized carbons (Fsp3) is 0.481. The maximum Gasteiger partial charge on any atom is 0.410 e. The molecule has 4 bridgehead atoms. The Labute approximate surface area is 435 Å². The Morgan fingerprint density at radius 3 is 1.53 bits per heavy atom. The maximum atomic E-state index is 13.1. The van der Waals surface area contributed by atoms with Crippen molar-refractivity contribution in [2.75, 3.05) is 44.3 Å². The van der Waals surface area contributed by atoms with Crippen LogP contribution in [0.1, 0.15) is 79.6 Å². The summed E-state index contributed by atoms with van der Waals surface area (Å²) in [5.74, 6) is 1.36. The van der Waals surface area contributed by atoms with Gasteiger partial charge in [0.2, 0.25) is 5.95 Å². The molecule has 2 aromatic carbocycles. The van der Waals surface area contributed by atoms with E-state index in [0.29, 0.717) is 64.4 Å². The van der Waals surface area contributed by atoms with E-state index in [1.165, 1.54) is 12.3 Å². The largest absolute Gasteiger partial charge is 0.491 e. The lowest BCUT2D eigenvalue weighted by molar-refractivity contribution is -0.0440. The van der Waals surface area contributed by atoms with E-state index in [0.717, 1.165) is 53.8 Å². The van der Waals surface area contributed by atoms with Gasteiger partial charge in [-0.3, -0.25) is 19.2 Å². The van der Waals surface area contributed by atoms with Crippen molar-refractivity contribution < 1.29 is 43.1 Å². The van der Waals surface area contributed by atoms with Crippen molar-refractivity contribution in [3.63, 3.8) is 0 Å². The summed E-state index contributed by atoms with van der Waals surface area (Å²) in [6, 6.07) is 19.2. The number of carbonyl (C=O) groups excluding carboxylic acids is 2. The number of piperazine rings is 2. The first-order valence-electron chi connectivity index (χ1n) is 25.0. The normalized spacial score (nSPS) is 19.4. The lowest BCUT2D eigenvalue weighted by Crippen LogP contribution is -2.70. The van der Waals surface area contributed by atoms with E-state index in [-0.39, 0.29) is 48.8 Å². The van der Waals surface area contributed by atoms with E-state index in [2.05, 4.69) is 37.5 Å². The lowest BCUT2D eigenvalue weighted by Gasteiger charge is -2.56. The van der Waals surface area contributed by atoms with Crippen molar-refractivity contribution in [1.82, 2.24) is 44.6 Å². The number of pyridine rings is 2. The Hall–Kier alpha value is -7.59. The maximum absolute atomic E-state index is 13.1. The van der Waals surface area contributed by atoms with Gasteiger partial charge in [-0.1, -0.05) is 0 Å². The van der Waals surface area contributed by atoms with Crippen LogP contribution in [0, 0.1) is 28.6 Å². The second-order valence-electron chi connectivity index (χ2n) is 21.4. The molecule has 6 aromatic rings. The number of benzene rings is 2. The Morgan fingerprint density at radius 2 is 1.15 bits per heavy atom. The molecule has 3 N–H and O–H groups in total. The molecule has 4 aromatic heterocycles. The number of aliphatic hydroxyl groups excluding tert-OH is 2. The average molecular weight is 1030 g/mol. The molecule has 75 heavy (non-hydrogen) atoms. The number of ether oxygens (including phenoxy) is 4. The van der Waals surface area contributed by atoms with Crippen LogP contribution in [-0.2, 0) is 23.6 Å². The molecule has 10 heterocycles. The van der Waals surface area contributed by atoms with Crippen LogP contribution < -0.4 is 19.7 Å². The van der Waals surface area contributed by atoms with E-state index in [1.807, 2.05) is 75.6 Å². The summed E-state index contributed by atoms with van der Waals surface area (Å²) in [5, 5.41) is 51.3. The second kappa shape index (κ2) is 21.7. The zero-order valence-electron chi connectivity index (χ0n) is 44.0. The van der Waals surface area contributed by atoms with Crippen molar-refractivity contribution in [2.45, 2.75) is 116 Å². The van der Waals surface area contributed by atoms with Gasteiger partial charge in [0.25, 0.3) is 0 Å². The molecule has 21 heteroatoms. The zero-order chi connectivity index (χ0) is 54.1. The topological polar surface area (TPSA) is 242 Å². The van der Waals surface area contributed by atoms with Gasteiger partial charge >= 0.3 is 12.2 Å². The molecule has 0 spiro atoms. The van der Waals surface area contributed by atoms with Gasteiger partial charge in [0.1, 0.15) is 53.9 Å². The number of nitriles is 2. The van der Waals surface area contributed by atoms with Crippen LogP contribution in [0.15, 0.2) is 60.9 Å². The minimum Gasteiger partial charge on any atom is -0.491 e. The summed E-state index contributed by atoms with van der Waals surface area (Å²) < 4.78 is 38.7. The quantitative estimate of drug-likeness (QED) is 0.126. The number of piperidine rings is 2. The fourth-order valence-electron chi connectivity index (χ4n) is 9.70. The van der Waals surface area contributed by atoms with Crippen LogP contribution in [0.2, 0.25) is 0 Å². The lowest BCUT2D eigenvalue weighted by atomic mass is 9.88. The predicted octanol–water partition coefficient (Wildman–Crippen LogP) is 6.84. The van der Waals surface area contributed by atoms with Gasteiger partial charge in [0.15, 0.2) is 11.4 Å². The summed E-state index contributed by atoms with van der Waals surface area (Å²) in [4.78, 5) is 38.7. The van der Waals surface area contributed by atoms with E-state index >= 15 is 0 Å². The minimum atomic E-state index is -0.613. The smallest absolute Gasteiger partial charge is 0.410 e. The van der Waals surface area contributed by atoms with Crippen LogP contribution in [0.3, 0.4) is 0 Å². The highest BCUT2D eigenvalue weighted by atomic mass is 19.1. The number of nitrogens with one attached hydrogen (secondary N) is 1. The highest BCUT2D eigenvalue weighted by Crippen LogP contribution is 2.39. The first-order valence-corrected chi connectivity index (χ1v) is 25.0. The molecule has 0 aliphatic carbocycles. The van der Waals surface area contributed by atoms with E-state index in [1.54, 1.807) is 61.7 Å². The van der Waals surface area contributed by atoms with Gasteiger partial charge in [0, 0.05) is 98.8 Å². The molecule has 6 fully saturated rings. The van der Waals surface area contributed by atoms with E-state index in [4.69, 9.17) is 23.9 Å². The van der Waals surface area contributed by atoms with Crippen LogP contribution in [-0.4, -0.2) is 149 Å². The molecule has 6 aliphatic rings. The SMILES string of the molecule is CC(C)(C)OC(=O)N1C2CNCC1C2.C[C@@H](O)COc1cc(-c2ccc(F)nc2)c2c(C#N)nn(C)c2c1.C[C@@H](O)COc1cc(-c2ccc(N3CC4CC(C3)N4C(=O)OC(C)(C)C)nc2)c2c(C#N)nn(C)c2c1. The molecular weight excluding hydrogens is 964 g/mol. The third kappa shape index (κ3) is 12.2. The number of nitrogens with zero attached hydrogens (tertiary/aromatic N) is 11. The molecule has 12 rings (SSSR count). The highest BCUT2D eigenvalue weighted by Gasteiger charge is 2.49. The number of fused-ring (bicyclic) bond motifs is 6. The molecule has 2 amide bonds. The van der Waals surface area contributed by atoms with Crippen LogP contribution >= 0.6 is 0 Å². The number of hydrogen-bond donors (Lipinski definition) is 3. The van der Waals surface area contributed by atoms with E-state index < -0.39 is 23.8 Å². The van der Waals surface area contributed by atoms with Crippen molar-refractivity contribution in [3.8, 4) is 45.9 Å². The van der Waals surface area contributed by atoms with Crippen LogP contribution in [0.4, 0.5) is 19.8 Å². The number of hydrogen-bond acceptors (Lipinski definition) is 16. The van der Waals surface area contributed by atoms with Gasteiger partial charge in [-0.15, -0.1) is 0 Å². The number of aryl methyl sites for hydroxylation is 2. The van der Waals surface area contributed by atoms with Gasteiger partial charge < -0.3 is 39.4 Å². The van der Waals surface area contributed by atoms with Gasteiger partial charge in [-0.25, -0.2) is 19.6 Å². The Morgan fingerprint density at radius 1 is 0.707 bits per heavy atom. The molecule has 6 aliphatic heterocycles. The summed E-state index contributed by atoms with van der Waals surface area (Å²) in [6.45, 7) is 18.2. The Bertz CT molecular complexity index is 3110. The molecule has 6 saturated heterocycles. The fourth-order valence-corrected chi connectivity index (χ4v) is 9.70. The van der Waals surface area contributed by atoms with E-state index in [9.17, 15) is 34.7 Å². The zero-order valence-corrected chi connectivity index (χ0v) is 44.0. The Kier molecular flexibility index (Phi) is 15.5. The number of anilines is 1. The third-order valence-corrected chi connectivity index (χ3v) is 13.0. The molecular formula is C54H65FN12O8. The summed E-state index contributed by atoms with van der Waals surface area (Å²) in [6.07, 6.45) is 3.68. The predicted molar refractivity (Wildman–Crippen MR) is 277 cm³/mol. The van der Waals surface area contributed by atoms with Gasteiger partial charge in [0.05, 0.1) is 35.3 Å². The summed E-state index contributed by atoms with van der Waals surface area (Å²) in [5.41, 5.74) is 4.12. The Balaban J connectivity index is 0.000000167. The highest BCUT2D eigenvalue weighted by molar-refractivity contribution is 6.00. The van der Waals surface area contributed by atoms with Crippen molar-refractivity contribution in [3.05, 3.63) is 78.3 Å². The number of aromatic nitrogens is 6. The molecule has 4 unspecified atom stereocenters. The molecule has 0 radical (unpaired) electrons. The summed E-state index contributed by atoms with van der Waals surface area (Å²) >= 11 is 0. The first-order chi connectivity index (χ1) is 35.5. The van der Waals surface area contributed by atoms with Crippen molar-refractivity contribution in [2.24, 2.45) is 14.1 Å². The first kappa shape index (κ1) is 53.7. The molecule has 20 nitrogen and oxygen atoms in total. The molecule has 396 valence electrons. The van der Waals surface area contributed by atoms with Gasteiger partial charge in [-0.05, 0) is 116 Å². The number of halogens is 1. The van der Waals surface area contributed by atoms with Crippen molar-refractivity contribution >= 4 is 39.8 Å². The third-order valence-electron chi connectivity index (χ3n) is 13.0. The standard InChI is InChI=1S/C27H32N6O4.C17H15FN4O2.C10H18N2O2/c1-16(34)15-36-20-9-21(25-22(11-28)30-31(5)23(25)10-20)17-6-7-24(29-12-17)32-13-18-8-19(14-32)33(18)26(35)37-27(2,3)4;1-10(23)9-24-12-5-13(11-3-4-16(18)20-8-11)17-14(7-19)21-22(2)15(17)6-12;1-10(2,3)14-9(13)12-7-4-8(12)6-11-5-7/h6-7,9-10,12,16,18-19,34H,8,13-15H2,1-5H3;3-6,8,10,23H,9H2,1-2H3;7-8,11H,4-6H2,1-3H3/t16-,18?,19?;10-;/m11./s1. The number of carbonyl (C=O) groups is 2. The van der Waals surface area contributed by atoms with Crippen molar-refractivity contribution in [1.29, 1.82) is 10.5 Å². The minimum absolute atomic E-state index is 0.117. The molecule has 6 atom stereocenters. The second-order valence-corrected chi connectivity index (χ2v) is 21.4.